The molecule has 134 valence electrons. The van der Waals surface area contributed by atoms with Gasteiger partial charge in [-0.05, 0) is 69.9 Å². The maximum absolute atomic E-state index is 6.13. The molecule has 0 atom stereocenters. The first-order chi connectivity index (χ1) is 12.2. The van der Waals surface area contributed by atoms with E-state index in [1.807, 2.05) is 49.4 Å². The van der Waals surface area contributed by atoms with Crippen LogP contribution in [0.2, 0.25) is 0 Å². The standard InChI is InChI=1S/C20H23BN2O3/c1-13-7-6-8-15(11-13)24-18-22-16-10-9-14(12-17(16)23-18)21-25-19(2,3)20(4,5)26-21/h6-12H,1-5H3,(H,22,23). The Kier molecular flexibility index (Phi) is 3.86. The smallest absolute Gasteiger partial charge is 0.426 e. The van der Waals surface area contributed by atoms with E-state index < -0.39 is 7.12 Å². The van der Waals surface area contributed by atoms with Gasteiger partial charge in [-0.1, -0.05) is 18.2 Å². The predicted molar refractivity (Wildman–Crippen MR) is 103 cm³/mol. The van der Waals surface area contributed by atoms with Crippen LogP contribution in [0.1, 0.15) is 33.3 Å². The summed E-state index contributed by atoms with van der Waals surface area (Å²) in [5.41, 5.74) is 3.11. The monoisotopic (exact) mass is 350 g/mol. The molecular weight excluding hydrogens is 327 g/mol. The first-order valence-electron chi connectivity index (χ1n) is 8.83. The van der Waals surface area contributed by atoms with Gasteiger partial charge in [-0.15, -0.1) is 0 Å². The summed E-state index contributed by atoms with van der Waals surface area (Å²) in [7, 11) is -0.395. The molecule has 0 saturated carbocycles. The third-order valence-corrected chi connectivity index (χ3v) is 5.21. The van der Waals surface area contributed by atoms with Crippen molar-refractivity contribution < 1.29 is 14.0 Å². The molecule has 5 nitrogen and oxygen atoms in total. The Morgan fingerprint density at radius 3 is 2.42 bits per heavy atom. The highest BCUT2D eigenvalue weighted by atomic mass is 16.7. The number of H-pyrrole nitrogens is 1. The Balaban J connectivity index is 1.60. The SMILES string of the molecule is Cc1cccc(Oc2nc3ccc(B4OC(C)(C)C(C)(C)O4)cc3[nH]2)c1. The minimum atomic E-state index is -0.395. The molecule has 1 saturated heterocycles. The second-order valence-corrected chi connectivity index (χ2v) is 7.83. The minimum Gasteiger partial charge on any atom is -0.426 e. The van der Waals surface area contributed by atoms with E-state index in [1.54, 1.807) is 0 Å². The van der Waals surface area contributed by atoms with Crippen molar-refractivity contribution in [2.45, 2.75) is 45.8 Å². The number of imidazole rings is 1. The van der Waals surface area contributed by atoms with Crippen LogP contribution in [0.3, 0.4) is 0 Å². The van der Waals surface area contributed by atoms with Gasteiger partial charge in [0.2, 0.25) is 0 Å². The van der Waals surface area contributed by atoms with Crippen LogP contribution in [0.15, 0.2) is 42.5 Å². The summed E-state index contributed by atoms with van der Waals surface area (Å²) in [5, 5.41) is 0. The van der Waals surface area contributed by atoms with E-state index in [1.165, 1.54) is 0 Å². The Bertz CT molecular complexity index is 949. The number of hydrogen-bond acceptors (Lipinski definition) is 4. The van der Waals surface area contributed by atoms with Crippen LogP contribution in [0.4, 0.5) is 0 Å². The number of ether oxygens (including phenoxy) is 1. The predicted octanol–water partition coefficient (Wildman–Crippen LogP) is 3.96. The number of hydrogen-bond donors (Lipinski definition) is 1. The molecule has 0 bridgehead atoms. The summed E-state index contributed by atoms with van der Waals surface area (Å²) in [6.07, 6.45) is 0. The van der Waals surface area contributed by atoms with Crippen LogP contribution in [0, 0.1) is 6.92 Å². The van der Waals surface area contributed by atoms with Gasteiger partial charge in [0.1, 0.15) is 5.75 Å². The van der Waals surface area contributed by atoms with Crippen LogP contribution in [0.5, 0.6) is 11.8 Å². The summed E-state index contributed by atoms with van der Waals surface area (Å²) < 4.78 is 18.1. The summed E-state index contributed by atoms with van der Waals surface area (Å²) >= 11 is 0. The molecule has 1 fully saturated rings. The molecule has 1 N–H and O–H groups in total. The van der Waals surface area contributed by atoms with Gasteiger partial charge >= 0.3 is 7.12 Å². The van der Waals surface area contributed by atoms with Gasteiger partial charge in [0, 0.05) is 0 Å². The van der Waals surface area contributed by atoms with Gasteiger partial charge in [0.25, 0.3) is 6.01 Å². The van der Waals surface area contributed by atoms with E-state index in [0.717, 1.165) is 27.8 Å². The Labute approximate surface area is 153 Å². The Hall–Kier alpha value is -2.31. The fourth-order valence-corrected chi connectivity index (χ4v) is 2.97. The quantitative estimate of drug-likeness (QED) is 0.727. The summed E-state index contributed by atoms with van der Waals surface area (Å²) in [6, 6.07) is 14.3. The van der Waals surface area contributed by atoms with Crippen molar-refractivity contribution in [3.05, 3.63) is 48.0 Å². The molecule has 2 heterocycles. The molecule has 1 aromatic heterocycles. The highest BCUT2D eigenvalue weighted by Gasteiger charge is 2.51. The van der Waals surface area contributed by atoms with Gasteiger partial charge < -0.3 is 19.0 Å². The van der Waals surface area contributed by atoms with E-state index in [9.17, 15) is 0 Å². The lowest BCUT2D eigenvalue weighted by Crippen LogP contribution is -2.41. The second-order valence-electron chi connectivity index (χ2n) is 7.83. The van der Waals surface area contributed by atoms with Gasteiger partial charge in [-0.25, -0.2) is 0 Å². The second kappa shape index (κ2) is 5.86. The first kappa shape index (κ1) is 17.1. The third kappa shape index (κ3) is 3.00. The van der Waals surface area contributed by atoms with Gasteiger partial charge in [-0.2, -0.15) is 4.98 Å². The maximum Gasteiger partial charge on any atom is 0.494 e. The van der Waals surface area contributed by atoms with Crippen molar-refractivity contribution in [1.82, 2.24) is 9.97 Å². The topological polar surface area (TPSA) is 56.4 Å². The van der Waals surface area contributed by atoms with Gasteiger partial charge in [-0.3, -0.25) is 0 Å². The lowest BCUT2D eigenvalue weighted by molar-refractivity contribution is 0.00578. The highest BCUT2D eigenvalue weighted by Crippen LogP contribution is 2.36. The number of nitrogens with zero attached hydrogens (tertiary/aromatic N) is 1. The molecule has 2 aromatic carbocycles. The van der Waals surface area contributed by atoms with Crippen molar-refractivity contribution >= 4 is 23.6 Å². The highest BCUT2D eigenvalue weighted by molar-refractivity contribution is 6.62. The molecule has 26 heavy (non-hydrogen) atoms. The number of aromatic nitrogens is 2. The van der Waals surface area contributed by atoms with E-state index >= 15 is 0 Å². The van der Waals surface area contributed by atoms with E-state index in [-0.39, 0.29) is 11.2 Å². The Morgan fingerprint density at radius 1 is 1.00 bits per heavy atom. The van der Waals surface area contributed by atoms with Crippen LogP contribution in [-0.4, -0.2) is 28.3 Å². The molecule has 1 aliphatic rings. The largest absolute Gasteiger partial charge is 0.494 e. The van der Waals surface area contributed by atoms with Crippen LogP contribution in [-0.2, 0) is 9.31 Å². The van der Waals surface area contributed by atoms with Gasteiger partial charge in [0.15, 0.2) is 0 Å². The molecule has 0 amide bonds. The van der Waals surface area contributed by atoms with Gasteiger partial charge in [0.05, 0.1) is 22.2 Å². The number of aromatic amines is 1. The van der Waals surface area contributed by atoms with Crippen LogP contribution >= 0.6 is 0 Å². The molecule has 6 heteroatoms. The molecule has 0 radical (unpaired) electrons. The van der Waals surface area contributed by atoms with Crippen molar-refractivity contribution in [2.24, 2.45) is 0 Å². The number of rotatable bonds is 3. The van der Waals surface area contributed by atoms with Crippen molar-refractivity contribution in [3.8, 4) is 11.8 Å². The lowest BCUT2D eigenvalue weighted by Gasteiger charge is -2.32. The van der Waals surface area contributed by atoms with Crippen molar-refractivity contribution in [1.29, 1.82) is 0 Å². The number of nitrogens with one attached hydrogen (secondary N) is 1. The van der Waals surface area contributed by atoms with Crippen molar-refractivity contribution in [3.63, 3.8) is 0 Å². The average Bonchev–Trinajstić information content (AvgIpc) is 3.03. The van der Waals surface area contributed by atoms with E-state index in [0.29, 0.717) is 6.01 Å². The molecule has 3 aromatic rings. The third-order valence-electron chi connectivity index (χ3n) is 5.21. The molecule has 0 aliphatic carbocycles. The minimum absolute atomic E-state index is 0.361. The molecule has 0 unspecified atom stereocenters. The van der Waals surface area contributed by atoms with Crippen LogP contribution in [0.25, 0.3) is 11.0 Å². The van der Waals surface area contributed by atoms with Crippen LogP contribution < -0.4 is 10.2 Å². The zero-order valence-corrected chi connectivity index (χ0v) is 15.8. The zero-order chi connectivity index (χ0) is 18.5. The summed E-state index contributed by atoms with van der Waals surface area (Å²) in [5.74, 6) is 0.759. The summed E-state index contributed by atoms with van der Waals surface area (Å²) in [4.78, 5) is 7.73. The maximum atomic E-state index is 6.13. The summed E-state index contributed by atoms with van der Waals surface area (Å²) in [6.45, 7) is 10.2. The molecule has 4 rings (SSSR count). The zero-order valence-electron chi connectivity index (χ0n) is 15.8. The molecule has 0 spiro atoms. The number of fused-ring (bicyclic) bond motifs is 1. The van der Waals surface area contributed by atoms with E-state index in [2.05, 4.69) is 37.7 Å². The van der Waals surface area contributed by atoms with Crippen molar-refractivity contribution in [2.75, 3.05) is 0 Å². The van der Waals surface area contributed by atoms with E-state index in [4.69, 9.17) is 14.0 Å². The fraction of sp³-hybridized carbons (Fsp3) is 0.350. The average molecular weight is 350 g/mol. The first-order valence-corrected chi connectivity index (χ1v) is 8.83. The Morgan fingerprint density at radius 2 is 1.73 bits per heavy atom. The molecule has 1 aliphatic heterocycles. The number of benzene rings is 2. The number of aryl methyl sites for hydroxylation is 1. The molecular formula is C20H23BN2O3. The normalized spacial score (nSPS) is 18.4. The lowest BCUT2D eigenvalue weighted by atomic mass is 9.79. The fourth-order valence-electron chi connectivity index (χ4n) is 2.97.